The highest BCUT2D eigenvalue weighted by Crippen LogP contribution is 2.33. The van der Waals surface area contributed by atoms with E-state index in [9.17, 15) is 0 Å². The summed E-state index contributed by atoms with van der Waals surface area (Å²) in [6, 6.07) is 15.5. The molecule has 0 bridgehead atoms. The molecule has 4 aromatic rings. The molecule has 5 rings (SSSR count). The van der Waals surface area contributed by atoms with E-state index in [0.717, 1.165) is 58.1 Å². The molecule has 0 amide bonds. The van der Waals surface area contributed by atoms with E-state index in [1.54, 1.807) is 24.5 Å². The zero-order valence-corrected chi connectivity index (χ0v) is 15.4. The summed E-state index contributed by atoms with van der Waals surface area (Å²) in [5, 5.41) is 25.1. The topological polar surface area (TPSA) is 98.6 Å². The van der Waals surface area contributed by atoms with E-state index in [-0.39, 0.29) is 0 Å². The van der Waals surface area contributed by atoms with Gasteiger partial charge in [0.2, 0.25) is 0 Å². The van der Waals surface area contributed by atoms with Gasteiger partial charge in [-0.15, -0.1) is 0 Å². The Morgan fingerprint density at radius 2 is 2.00 bits per heavy atom. The minimum atomic E-state index is 0.605. The lowest BCUT2D eigenvalue weighted by atomic mass is 10.1. The molecule has 2 aromatic carbocycles. The summed E-state index contributed by atoms with van der Waals surface area (Å²) in [6.07, 6.45) is 6.89. The standard InChI is InChI=1S/C22H16N6O/c23-12-14-1-3-15(4-2-14)21-22(28-10-9-24-13-20(28)26-21)25-17-6-7-18-16(11-17)5-8-19(18)27-29/h1-4,6-7,9-11,13,25,29H,5,8H2/b27-19-. The smallest absolute Gasteiger partial charge is 0.157 e. The molecular weight excluding hydrogens is 364 g/mol. The van der Waals surface area contributed by atoms with Gasteiger partial charge in [-0.3, -0.25) is 9.38 Å². The second-order valence-corrected chi connectivity index (χ2v) is 6.85. The Morgan fingerprint density at radius 3 is 2.79 bits per heavy atom. The van der Waals surface area contributed by atoms with Crippen LogP contribution in [0.3, 0.4) is 0 Å². The van der Waals surface area contributed by atoms with Crippen molar-refractivity contribution in [1.29, 1.82) is 5.26 Å². The lowest BCUT2D eigenvalue weighted by Crippen LogP contribution is -1.99. The number of rotatable bonds is 3. The number of benzene rings is 2. The van der Waals surface area contributed by atoms with Crippen molar-refractivity contribution in [1.82, 2.24) is 14.4 Å². The molecule has 140 valence electrons. The molecule has 7 heteroatoms. The number of anilines is 2. The first-order chi connectivity index (χ1) is 14.3. The molecule has 0 radical (unpaired) electrons. The first-order valence-corrected chi connectivity index (χ1v) is 9.20. The Labute approximate surface area is 166 Å². The maximum Gasteiger partial charge on any atom is 0.157 e. The lowest BCUT2D eigenvalue weighted by molar-refractivity contribution is 0.318. The fraction of sp³-hybridized carbons (Fsp3) is 0.0909. The van der Waals surface area contributed by atoms with Crippen LogP contribution in [0.4, 0.5) is 11.5 Å². The van der Waals surface area contributed by atoms with Gasteiger partial charge in [-0.1, -0.05) is 23.4 Å². The van der Waals surface area contributed by atoms with Crippen molar-refractivity contribution in [3.63, 3.8) is 0 Å². The van der Waals surface area contributed by atoms with Crippen LogP contribution in [-0.2, 0) is 6.42 Å². The Balaban J connectivity index is 1.60. The van der Waals surface area contributed by atoms with Crippen LogP contribution in [0.2, 0.25) is 0 Å². The second-order valence-electron chi connectivity index (χ2n) is 6.85. The first kappa shape index (κ1) is 17.0. The van der Waals surface area contributed by atoms with Crippen molar-refractivity contribution >= 4 is 22.9 Å². The monoisotopic (exact) mass is 380 g/mol. The van der Waals surface area contributed by atoms with E-state index in [1.165, 1.54) is 0 Å². The van der Waals surface area contributed by atoms with E-state index >= 15 is 0 Å². The van der Waals surface area contributed by atoms with Gasteiger partial charge in [0.1, 0.15) is 11.5 Å². The SMILES string of the molecule is N#Cc1ccc(-c2nc3cnccn3c2Nc2ccc3c(c2)CC/C3=N/O)cc1. The van der Waals surface area contributed by atoms with Crippen LogP contribution >= 0.6 is 0 Å². The molecular formula is C22H16N6O. The van der Waals surface area contributed by atoms with Crippen molar-refractivity contribution in [2.45, 2.75) is 12.8 Å². The summed E-state index contributed by atoms with van der Waals surface area (Å²) in [5.74, 6) is 0.820. The quantitative estimate of drug-likeness (QED) is 0.411. The van der Waals surface area contributed by atoms with Crippen LogP contribution in [0.1, 0.15) is 23.1 Å². The van der Waals surface area contributed by atoms with Crippen molar-refractivity contribution in [2.24, 2.45) is 5.16 Å². The first-order valence-electron chi connectivity index (χ1n) is 9.20. The minimum absolute atomic E-state index is 0.605. The number of fused-ring (bicyclic) bond motifs is 2. The Kier molecular flexibility index (Phi) is 3.96. The predicted molar refractivity (Wildman–Crippen MR) is 110 cm³/mol. The third kappa shape index (κ3) is 2.87. The Bertz CT molecular complexity index is 1300. The molecule has 2 N–H and O–H groups in total. The van der Waals surface area contributed by atoms with Gasteiger partial charge >= 0.3 is 0 Å². The number of imidazole rings is 1. The zero-order valence-electron chi connectivity index (χ0n) is 15.4. The van der Waals surface area contributed by atoms with Crippen molar-refractivity contribution in [3.8, 4) is 17.3 Å². The third-order valence-corrected chi connectivity index (χ3v) is 5.15. The van der Waals surface area contributed by atoms with Gasteiger partial charge in [0.25, 0.3) is 0 Å². The maximum atomic E-state index is 9.14. The van der Waals surface area contributed by atoms with Gasteiger partial charge in [-0.25, -0.2) is 4.98 Å². The highest BCUT2D eigenvalue weighted by molar-refractivity contribution is 6.04. The molecule has 0 spiro atoms. The van der Waals surface area contributed by atoms with Gasteiger partial charge in [-0.05, 0) is 42.7 Å². The van der Waals surface area contributed by atoms with E-state index in [0.29, 0.717) is 5.56 Å². The number of hydrogen-bond donors (Lipinski definition) is 2. The van der Waals surface area contributed by atoms with Crippen molar-refractivity contribution in [2.75, 3.05) is 5.32 Å². The fourth-order valence-electron chi connectivity index (χ4n) is 3.72. The van der Waals surface area contributed by atoms with Crippen LogP contribution in [0, 0.1) is 11.3 Å². The van der Waals surface area contributed by atoms with E-state index in [1.807, 2.05) is 34.9 Å². The van der Waals surface area contributed by atoms with Gasteiger partial charge in [0.05, 0.1) is 23.5 Å². The van der Waals surface area contributed by atoms with Crippen molar-refractivity contribution < 1.29 is 5.21 Å². The second kappa shape index (κ2) is 6.77. The molecule has 7 nitrogen and oxygen atoms in total. The zero-order chi connectivity index (χ0) is 19.8. The molecule has 0 unspecified atom stereocenters. The molecule has 1 aliphatic carbocycles. The molecule has 29 heavy (non-hydrogen) atoms. The van der Waals surface area contributed by atoms with E-state index in [2.05, 4.69) is 27.6 Å². The minimum Gasteiger partial charge on any atom is -0.411 e. The average molecular weight is 380 g/mol. The van der Waals surface area contributed by atoms with Crippen LogP contribution in [-0.4, -0.2) is 25.3 Å². The van der Waals surface area contributed by atoms with Gasteiger partial charge in [-0.2, -0.15) is 5.26 Å². The lowest BCUT2D eigenvalue weighted by Gasteiger charge is -2.10. The fourth-order valence-corrected chi connectivity index (χ4v) is 3.72. The number of nitrogens with one attached hydrogen (secondary N) is 1. The Morgan fingerprint density at radius 1 is 1.14 bits per heavy atom. The molecule has 0 atom stereocenters. The number of aryl methyl sites for hydroxylation is 1. The Hall–Kier alpha value is -4.18. The summed E-state index contributed by atoms with van der Waals surface area (Å²) in [5.41, 5.74) is 6.82. The number of hydrogen-bond acceptors (Lipinski definition) is 6. The van der Waals surface area contributed by atoms with Crippen LogP contribution < -0.4 is 5.32 Å². The molecule has 2 heterocycles. The number of nitriles is 1. The molecule has 0 fully saturated rings. The summed E-state index contributed by atoms with van der Waals surface area (Å²) in [6.45, 7) is 0. The average Bonchev–Trinajstić information content (AvgIpc) is 3.35. The summed E-state index contributed by atoms with van der Waals surface area (Å²) in [4.78, 5) is 8.90. The van der Waals surface area contributed by atoms with Gasteiger partial charge < -0.3 is 10.5 Å². The molecule has 0 saturated heterocycles. The van der Waals surface area contributed by atoms with Gasteiger partial charge in [0.15, 0.2) is 5.65 Å². The summed E-state index contributed by atoms with van der Waals surface area (Å²) >= 11 is 0. The van der Waals surface area contributed by atoms with Crippen LogP contribution in [0.25, 0.3) is 16.9 Å². The molecule has 1 aliphatic rings. The normalized spacial score (nSPS) is 14.1. The molecule has 0 saturated carbocycles. The molecule has 0 aliphatic heterocycles. The van der Waals surface area contributed by atoms with Crippen LogP contribution in [0.5, 0.6) is 0 Å². The van der Waals surface area contributed by atoms with E-state index < -0.39 is 0 Å². The number of nitrogens with zero attached hydrogens (tertiary/aromatic N) is 5. The summed E-state index contributed by atoms with van der Waals surface area (Å²) in [7, 11) is 0. The largest absolute Gasteiger partial charge is 0.411 e. The third-order valence-electron chi connectivity index (χ3n) is 5.15. The maximum absolute atomic E-state index is 9.14. The highest BCUT2D eigenvalue weighted by atomic mass is 16.4. The summed E-state index contributed by atoms with van der Waals surface area (Å²) < 4.78 is 1.95. The van der Waals surface area contributed by atoms with Crippen molar-refractivity contribution in [3.05, 3.63) is 77.7 Å². The molecule has 2 aromatic heterocycles. The number of aromatic nitrogens is 3. The van der Waals surface area contributed by atoms with E-state index in [4.69, 9.17) is 15.5 Å². The predicted octanol–water partition coefficient (Wildman–Crippen LogP) is 4.14. The number of oxime groups is 1. The van der Waals surface area contributed by atoms with Crippen LogP contribution in [0.15, 0.2) is 66.2 Å². The highest BCUT2D eigenvalue weighted by Gasteiger charge is 2.20. The van der Waals surface area contributed by atoms with Gasteiger partial charge in [0, 0.05) is 29.2 Å².